The Morgan fingerprint density at radius 2 is 1.35 bits per heavy atom. The van der Waals surface area contributed by atoms with Crippen molar-refractivity contribution in [2.24, 2.45) is 11.8 Å². The molecule has 60 heavy (non-hydrogen) atoms. The van der Waals surface area contributed by atoms with Crippen LogP contribution in [0.3, 0.4) is 0 Å². The van der Waals surface area contributed by atoms with Crippen molar-refractivity contribution in [2.45, 2.75) is 168 Å². The molecule has 1 aliphatic heterocycles. The third kappa shape index (κ3) is 16.1. The average Bonchev–Trinajstić information content (AvgIpc) is 3.21. The zero-order valence-electron chi connectivity index (χ0n) is 36.7. The summed E-state index contributed by atoms with van der Waals surface area (Å²) in [6.45, 7) is 6.64. The molecule has 2 aromatic rings. The molecule has 5 N–H and O–H groups in total. The highest BCUT2D eigenvalue weighted by atomic mass is 16.3. The fourth-order valence-corrected chi connectivity index (χ4v) is 7.92. The zero-order chi connectivity index (χ0) is 44.2. The van der Waals surface area contributed by atoms with Crippen LogP contribution in [0.25, 0.3) is 11.1 Å². The summed E-state index contributed by atoms with van der Waals surface area (Å²) >= 11 is 0. The van der Waals surface area contributed by atoms with Crippen molar-refractivity contribution < 1.29 is 44.1 Å². The number of hydrogen-bond acceptors (Lipinski definition) is 9. The Balaban J connectivity index is 1.54. The first-order valence-corrected chi connectivity index (χ1v) is 22.4. The molecule has 0 saturated carbocycles. The number of Topliss-reactive ketones (excluding diaryl/α,β-unsaturated/α-hetero) is 3. The van der Waals surface area contributed by atoms with Gasteiger partial charge < -0.3 is 30.9 Å². The molecule has 0 radical (unpaired) electrons. The van der Waals surface area contributed by atoms with Crippen molar-refractivity contribution in [1.29, 1.82) is 0 Å². The van der Waals surface area contributed by atoms with Gasteiger partial charge in [-0.15, -0.1) is 0 Å². The van der Waals surface area contributed by atoms with Crippen LogP contribution in [-0.4, -0.2) is 81.0 Å². The number of amides is 3. The van der Waals surface area contributed by atoms with Crippen LogP contribution in [0, 0.1) is 11.8 Å². The molecule has 0 aromatic heterocycles. The van der Waals surface area contributed by atoms with Crippen LogP contribution >= 0.6 is 0 Å². The first kappa shape index (κ1) is 49.8. The SMILES string of the molecule is CCCCCCCCCCCCCCCC(=O)C[C@H](CO)C(=O)N[C@H](C)C(=O)CCC(=O)N(C)[C@@H]1C(=O)C[C@@H](C)C(=O)N[C@H](C)Cc2ccc(O)c(c2)-c2cc1ccc2O. The quantitative estimate of drug-likeness (QED) is 0.0657. The number of aromatic hydroxyl groups is 2. The van der Waals surface area contributed by atoms with Gasteiger partial charge in [-0.05, 0) is 62.1 Å². The second kappa shape index (κ2) is 25.9. The summed E-state index contributed by atoms with van der Waals surface area (Å²) in [6.07, 6.45) is 15.5. The Bertz CT molecular complexity index is 1740. The van der Waals surface area contributed by atoms with Gasteiger partial charge in [0.05, 0.1) is 18.6 Å². The maximum absolute atomic E-state index is 14.0. The van der Waals surface area contributed by atoms with E-state index in [1.807, 2.05) is 6.92 Å². The number of carbonyl (C=O) groups excluding carboxylic acids is 6. The van der Waals surface area contributed by atoms with Crippen LogP contribution in [-0.2, 0) is 35.2 Å². The molecular formula is C48H71N3O9. The van der Waals surface area contributed by atoms with E-state index in [4.69, 9.17) is 0 Å². The van der Waals surface area contributed by atoms with Crippen molar-refractivity contribution >= 4 is 35.1 Å². The largest absolute Gasteiger partial charge is 0.507 e. The van der Waals surface area contributed by atoms with Gasteiger partial charge >= 0.3 is 0 Å². The lowest BCUT2D eigenvalue weighted by molar-refractivity contribution is -0.140. The van der Waals surface area contributed by atoms with Gasteiger partial charge in [-0.25, -0.2) is 0 Å². The monoisotopic (exact) mass is 834 g/mol. The number of fused-ring (bicyclic) bond motifs is 5. The highest BCUT2D eigenvalue weighted by molar-refractivity contribution is 5.96. The van der Waals surface area contributed by atoms with Gasteiger partial charge in [-0.1, -0.05) is 103 Å². The number of hydrogen-bond donors (Lipinski definition) is 5. The topological polar surface area (TPSA) is 190 Å². The van der Waals surface area contributed by atoms with E-state index in [1.54, 1.807) is 25.1 Å². The fourth-order valence-electron chi connectivity index (χ4n) is 7.92. The molecule has 0 aliphatic carbocycles. The van der Waals surface area contributed by atoms with Crippen molar-refractivity contribution in [3.63, 3.8) is 0 Å². The molecule has 12 heteroatoms. The molecular weight excluding hydrogens is 763 g/mol. The fraction of sp³-hybridized carbons (Fsp3) is 0.625. The van der Waals surface area contributed by atoms with E-state index in [9.17, 15) is 44.1 Å². The number of aliphatic hydroxyl groups excluding tert-OH is 1. The molecule has 3 amide bonds. The molecule has 2 aromatic carbocycles. The highest BCUT2D eigenvalue weighted by Gasteiger charge is 2.33. The van der Waals surface area contributed by atoms with E-state index < -0.39 is 53.9 Å². The molecule has 1 aliphatic rings. The molecule has 4 bridgehead atoms. The van der Waals surface area contributed by atoms with Crippen LogP contribution in [0.2, 0.25) is 0 Å². The van der Waals surface area contributed by atoms with Gasteiger partial charge in [-0.3, -0.25) is 28.8 Å². The Labute approximate surface area is 357 Å². The van der Waals surface area contributed by atoms with E-state index >= 15 is 0 Å². The second-order valence-electron chi connectivity index (χ2n) is 17.0. The van der Waals surface area contributed by atoms with Gasteiger partial charge in [0.1, 0.15) is 23.3 Å². The van der Waals surface area contributed by atoms with Crippen LogP contribution in [0.15, 0.2) is 36.4 Å². The third-order valence-corrected chi connectivity index (χ3v) is 11.7. The average molecular weight is 834 g/mol. The molecule has 0 saturated heterocycles. The summed E-state index contributed by atoms with van der Waals surface area (Å²) in [6, 6.07) is 6.92. The summed E-state index contributed by atoms with van der Waals surface area (Å²) in [4.78, 5) is 80.8. The maximum Gasteiger partial charge on any atom is 0.226 e. The van der Waals surface area contributed by atoms with Gasteiger partial charge in [0.25, 0.3) is 0 Å². The van der Waals surface area contributed by atoms with Crippen molar-refractivity contribution in [1.82, 2.24) is 15.5 Å². The molecule has 0 fully saturated rings. The predicted molar refractivity (Wildman–Crippen MR) is 233 cm³/mol. The van der Waals surface area contributed by atoms with E-state index in [-0.39, 0.29) is 60.5 Å². The molecule has 1 heterocycles. The normalized spacial score (nSPS) is 17.9. The van der Waals surface area contributed by atoms with Crippen LogP contribution in [0.5, 0.6) is 11.5 Å². The third-order valence-electron chi connectivity index (χ3n) is 11.7. The number of benzene rings is 2. The summed E-state index contributed by atoms with van der Waals surface area (Å²) in [5.41, 5.74) is 1.73. The Hall–Kier alpha value is -4.58. The minimum Gasteiger partial charge on any atom is -0.507 e. The lowest BCUT2D eigenvalue weighted by Gasteiger charge is -2.29. The molecule has 0 unspecified atom stereocenters. The van der Waals surface area contributed by atoms with E-state index in [0.29, 0.717) is 24.0 Å². The molecule has 12 nitrogen and oxygen atoms in total. The first-order chi connectivity index (χ1) is 28.7. The number of nitrogens with zero attached hydrogens (tertiary/aromatic N) is 1. The summed E-state index contributed by atoms with van der Waals surface area (Å²) in [5.74, 6) is -4.41. The minimum atomic E-state index is -1.19. The first-order valence-electron chi connectivity index (χ1n) is 22.4. The number of phenolic OH excluding ortho intramolecular Hbond substituents is 2. The molecule has 5 atom stereocenters. The van der Waals surface area contributed by atoms with Gasteiger partial charge in [-0.2, -0.15) is 0 Å². The standard InChI is InChI=1S/C48H71N3O9/c1-6-7-8-9-10-11-12-13-14-15-16-17-18-19-38(53)29-37(31-52)48(60)50-34(4)41(54)24-25-45(58)51(5)46-36-21-23-43(56)40(30-36)39-28-35(20-22-42(39)55)27-33(3)49-47(59)32(2)26-44(46)57/h20-23,28,30,32-34,37,46,52,55-56H,6-19,24-27,29,31H2,1-5H3,(H,49,59)(H,50,60)/t32-,33-,34-,37-,46+/m1/s1. The second-order valence-corrected chi connectivity index (χ2v) is 17.0. The number of phenols is 2. The van der Waals surface area contributed by atoms with Crippen molar-refractivity contribution in [3.05, 3.63) is 47.5 Å². The number of likely N-dealkylation sites (N-methyl/N-ethyl adjacent to an activating group) is 1. The summed E-state index contributed by atoms with van der Waals surface area (Å²) < 4.78 is 0. The number of aliphatic hydroxyl groups is 1. The zero-order valence-corrected chi connectivity index (χ0v) is 36.7. The van der Waals surface area contributed by atoms with Gasteiger partial charge in [0, 0.05) is 62.2 Å². The van der Waals surface area contributed by atoms with Crippen LogP contribution < -0.4 is 10.6 Å². The number of ketones is 3. The van der Waals surface area contributed by atoms with E-state index in [1.165, 1.54) is 94.9 Å². The summed E-state index contributed by atoms with van der Waals surface area (Å²) in [7, 11) is 1.43. The lowest BCUT2D eigenvalue weighted by Crippen LogP contribution is -2.43. The summed E-state index contributed by atoms with van der Waals surface area (Å²) in [5, 5.41) is 37.1. The van der Waals surface area contributed by atoms with E-state index in [0.717, 1.165) is 31.2 Å². The lowest BCUT2D eigenvalue weighted by atomic mass is 9.90. The Kier molecular flexibility index (Phi) is 21.5. The number of rotatable bonds is 24. The minimum absolute atomic E-state index is 0.0995. The van der Waals surface area contributed by atoms with Gasteiger partial charge in [0.15, 0.2) is 11.6 Å². The maximum atomic E-state index is 14.0. The van der Waals surface area contributed by atoms with Crippen molar-refractivity contribution in [2.75, 3.05) is 13.7 Å². The Morgan fingerprint density at radius 3 is 1.95 bits per heavy atom. The van der Waals surface area contributed by atoms with Gasteiger partial charge in [0.2, 0.25) is 17.7 Å². The number of unbranched alkanes of at least 4 members (excludes halogenated alkanes) is 12. The number of carbonyl (C=O) groups is 6. The van der Waals surface area contributed by atoms with Crippen LogP contribution in [0.1, 0.15) is 160 Å². The highest BCUT2D eigenvalue weighted by Crippen LogP contribution is 2.39. The molecule has 332 valence electrons. The molecule has 0 spiro atoms. The van der Waals surface area contributed by atoms with E-state index in [2.05, 4.69) is 17.6 Å². The molecule has 3 rings (SSSR count). The number of nitrogens with one attached hydrogen (secondary N) is 2. The van der Waals surface area contributed by atoms with Crippen LogP contribution in [0.4, 0.5) is 0 Å². The van der Waals surface area contributed by atoms with Crippen molar-refractivity contribution in [3.8, 4) is 22.6 Å². The smallest absolute Gasteiger partial charge is 0.226 e. The predicted octanol–water partition coefficient (Wildman–Crippen LogP) is 7.82. The Morgan fingerprint density at radius 1 is 0.783 bits per heavy atom.